The molecule has 1 unspecified atom stereocenters. The van der Waals surface area contributed by atoms with E-state index in [1.807, 2.05) is 0 Å². The zero-order chi connectivity index (χ0) is 14.2. The maximum Gasteiger partial charge on any atom is 0.0664 e. The summed E-state index contributed by atoms with van der Waals surface area (Å²) in [5.74, 6) is 0. The fraction of sp³-hybridized carbons (Fsp3) is 1.00. The van der Waals surface area contributed by atoms with Gasteiger partial charge in [-0.1, -0.05) is 78.1 Å². The fourth-order valence-corrected chi connectivity index (χ4v) is 2.41. The van der Waals surface area contributed by atoms with Crippen LogP contribution in [0, 0.1) is 0 Å². The van der Waals surface area contributed by atoms with Gasteiger partial charge < -0.3 is 10.4 Å². The quantitative estimate of drug-likeness (QED) is 0.425. The molecule has 0 spiro atoms. The molecular formula is C17H37NO. The van der Waals surface area contributed by atoms with Crippen molar-refractivity contribution in [3.8, 4) is 0 Å². The zero-order valence-electron chi connectivity index (χ0n) is 13.4. The molecule has 0 aromatic carbocycles. The second-order valence-electron chi connectivity index (χ2n) is 5.83. The van der Waals surface area contributed by atoms with E-state index >= 15 is 0 Å². The van der Waals surface area contributed by atoms with Crippen LogP contribution in [0.1, 0.15) is 90.9 Å². The van der Waals surface area contributed by atoms with E-state index in [-0.39, 0.29) is 6.10 Å². The molecule has 0 saturated carbocycles. The molecule has 1 atom stereocenters. The van der Waals surface area contributed by atoms with Crippen molar-refractivity contribution in [3.05, 3.63) is 0 Å². The van der Waals surface area contributed by atoms with Crippen molar-refractivity contribution in [1.82, 2.24) is 5.32 Å². The first kappa shape index (κ1) is 18.9. The average molecular weight is 271 g/mol. The minimum atomic E-state index is -0.138. The van der Waals surface area contributed by atoms with Crippen molar-refractivity contribution in [2.75, 3.05) is 13.1 Å². The molecule has 0 aromatic heterocycles. The molecule has 0 fully saturated rings. The van der Waals surface area contributed by atoms with Crippen LogP contribution in [0.4, 0.5) is 0 Å². The molecule has 0 aliphatic rings. The summed E-state index contributed by atoms with van der Waals surface area (Å²) in [5, 5.41) is 13.0. The Morgan fingerprint density at radius 2 is 1.26 bits per heavy atom. The minimum Gasteiger partial charge on any atom is -0.392 e. The van der Waals surface area contributed by atoms with Gasteiger partial charge in [-0.2, -0.15) is 0 Å². The van der Waals surface area contributed by atoms with Crippen molar-refractivity contribution < 1.29 is 5.11 Å². The summed E-state index contributed by atoms with van der Waals surface area (Å²) in [5.41, 5.74) is 0. The number of hydrogen-bond acceptors (Lipinski definition) is 2. The monoisotopic (exact) mass is 271 g/mol. The molecule has 0 saturated heterocycles. The first-order valence-electron chi connectivity index (χ1n) is 8.70. The van der Waals surface area contributed by atoms with Gasteiger partial charge in [-0.25, -0.2) is 0 Å². The highest BCUT2D eigenvalue weighted by Gasteiger charge is 2.02. The van der Waals surface area contributed by atoms with Gasteiger partial charge in [-0.15, -0.1) is 0 Å². The summed E-state index contributed by atoms with van der Waals surface area (Å²) in [6, 6.07) is 0. The molecule has 0 amide bonds. The van der Waals surface area contributed by atoms with Crippen LogP contribution >= 0.6 is 0 Å². The maximum atomic E-state index is 9.74. The molecule has 0 aliphatic carbocycles. The largest absolute Gasteiger partial charge is 0.392 e. The van der Waals surface area contributed by atoms with Crippen LogP contribution in [0.2, 0.25) is 0 Å². The maximum absolute atomic E-state index is 9.74. The Bertz CT molecular complexity index is 161. The second kappa shape index (κ2) is 16.0. The molecule has 2 heteroatoms. The van der Waals surface area contributed by atoms with Crippen molar-refractivity contribution in [3.63, 3.8) is 0 Å². The fourth-order valence-electron chi connectivity index (χ4n) is 2.41. The molecule has 0 bridgehead atoms. The average Bonchev–Trinajstić information content (AvgIpc) is 2.41. The summed E-state index contributed by atoms with van der Waals surface area (Å²) >= 11 is 0. The lowest BCUT2D eigenvalue weighted by Crippen LogP contribution is -2.27. The van der Waals surface area contributed by atoms with Gasteiger partial charge in [0, 0.05) is 6.54 Å². The Morgan fingerprint density at radius 1 is 0.737 bits per heavy atom. The van der Waals surface area contributed by atoms with E-state index in [4.69, 9.17) is 0 Å². The molecule has 0 aliphatic heterocycles. The highest BCUT2D eigenvalue weighted by atomic mass is 16.3. The van der Waals surface area contributed by atoms with E-state index in [0.717, 1.165) is 25.9 Å². The summed E-state index contributed by atoms with van der Waals surface area (Å²) in [6.45, 7) is 6.22. The molecule has 116 valence electrons. The molecular weight excluding hydrogens is 234 g/mol. The molecule has 2 N–H and O–H groups in total. The first-order valence-corrected chi connectivity index (χ1v) is 8.70. The van der Waals surface area contributed by atoms with Crippen LogP contribution in [0.3, 0.4) is 0 Å². The predicted octanol–water partition coefficient (Wildman–Crippen LogP) is 4.66. The number of unbranched alkanes of at least 4 members (excludes halogenated alkanes) is 9. The van der Waals surface area contributed by atoms with Gasteiger partial charge in [0.1, 0.15) is 0 Å². The van der Waals surface area contributed by atoms with Crippen molar-refractivity contribution in [2.45, 2.75) is 97.0 Å². The lowest BCUT2D eigenvalue weighted by Gasteiger charge is -2.11. The Kier molecular flexibility index (Phi) is 15.9. The normalized spacial score (nSPS) is 12.8. The van der Waals surface area contributed by atoms with Crippen LogP contribution < -0.4 is 5.32 Å². The van der Waals surface area contributed by atoms with E-state index in [0.29, 0.717) is 0 Å². The van der Waals surface area contributed by atoms with Gasteiger partial charge >= 0.3 is 0 Å². The minimum absolute atomic E-state index is 0.138. The van der Waals surface area contributed by atoms with E-state index < -0.39 is 0 Å². The van der Waals surface area contributed by atoms with Crippen molar-refractivity contribution in [1.29, 1.82) is 0 Å². The Hall–Kier alpha value is -0.0800. The SMILES string of the molecule is CCCCCCCCCCCCC(O)CNCCC. The van der Waals surface area contributed by atoms with E-state index in [9.17, 15) is 5.11 Å². The highest BCUT2D eigenvalue weighted by molar-refractivity contribution is 4.59. The number of hydrogen-bond donors (Lipinski definition) is 2. The number of aliphatic hydroxyl groups excluding tert-OH is 1. The number of nitrogens with one attached hydrogen (secondary N) is 1. The third-order valence-corrected chi connectivity index (χ3v) is 3.70. The molecule has 19 heavy (non-hydrogen) atoms. The van der Waals surface area contributed by atoms with Crippen LogP contribution in [-0.4, -0.2) is 24.3 Å². The third kappa shape index (κ3) is 15.9. The number of aliphatic hydroxyl groups is 1. The molecule has 0 rings (SSSR count). The van der Waals surface area contributed by atoms with Crippen LogP contribution in [0.15, 0.2) is 0 Å². The van der Waals surface area contributed by atoms with Crippen LogP contribution in [-0.2, 0) is 0 Å². The van der Waals surface area contributed by atoms with Gasteiger partial charge in [-0.3, -0.25) is 0 Å². The van der Waals surface area contributed by atoms with Gasteiger partial charge in [-0.05, 0) is 19.4 Å². The Morgan fingerprint density at radius 3 is 1.79 bits per heavy atom. The second-order valence-corrected chi connectivity index (χ2v) is 5.83. The van der Waals surface area contributed by atoms with Gasteiger partial charge in [0.15, 0.2) is 0 Å². The topological polar surface area (TPSA) is 32.3 Å². The lowest BCUT2D eigenvalue weighted by molar-refractivity contribution is 0.158. The van der Waals surface area contributed by atoms with Crippen molar-refractivity contribution >= 4 is 0 Å². The van der Waals surface area contributed by atoms with E-state index in [1.54, 1.807) is 0 Å². The summed E-state index contributed by atoms with van der Waals surface area (Å²) in [4.78, 5) is 0. The molecule has 0 aromatic rings. The van der Waals surface area contributed by atoms with Crippen molar-refractivity contribution in [2.24, 2.45) is 0 Å². The summed E-state index contributed by atoms with van der Waals surface area (Å²) in [7, 11) is 0. The van der Waals surface area contributed by atoms with E-state index in [2.05, 4.69) is 19.2 Å². The number of rotatable bonds is 15. The lowest BCUT2D eigenvalue weighted by atomic mass is 10.0. The highest BCUT2D eigenvalue weighted by Crippen LogP contribution is 2.11. The predicted molar refractivity (Wildman–Crippen MR) is 85.6 cm³/mol. The Labute approximate surface area is 121 Å². The molecule has 2 nitrogen and oxygen atoms in total. The molecule has 0 radical (unpaired) electrons. The van der Waals surface area contributed by atoms with Gasteiger partial charge in [0.05, 0.1) is 6.10 Å². The molecule has 0 heterocycles. The van der Waals surface area contributed by atoms with Gasteiger partial charge in [0.25, 0.3) is 0 Å². The summed E-state index contributed by atoms with van der Waals surface area (Å²) < 4.78 is 0. The van der Waals surface area contributed by atoms with Crippen LogP contribution in [0.5, 0.6) is 0 Å². The Balaban J connectivity index is 3.05. The zero-order valence-corrected chi connectivity index (χ0v) is 13.4. The van der Waals surface area contributed by atoms with Gasteiger partial charge in [0.2, 0.25) is 0 Å². The first-order chi connectivity index (χ1) is 9.31. The smallest absolute Gasteiger partial charge is 0.0664 e. The summed E-state index contributed by atoms with van der Waals surface area (Å²) in [6.07, 6.45) is 15.6. The third-order valence-electron chi connectivity index (χ3n) is 3.70. The van der Waals surface area contributed by atoms with E-state index in [1.165, 1.54) is 64.2 Å². The standard InChI is InChI=1S/C17H37NO/c1-3-5-6-7-8-9-10-11-12-13-14-17(19)16-18-15-4-2/h17-19H,3-16H2,1-2H3. The van der Waals surface area contributed by atoms with Crippen LogP contribution in [0.25, 0.3) is 0 Å².